The van der Waals surface area contributed by atoms with Crippen LogP contribution in [0.5, 0.6) is 0 Å². The van der Waals surface area contributed by atoms with Gasteiger partial charge in [-0.2, -0.15) is 0 Å². The van der Waals surface area contributed by atoms with E-state index in [1.165, 1.54) is 5.25 Å². The van der Waals surface area contributed by atoms with Crippen LogP contribution in [-0.2, 0) is 0 Å². The van der Waals surface area contributed by atoms with E-state index in [0.717, 1.165) is 0 Å². The van der Waals surface area contributed by atoms with Gasteiger partial charge in [0.15, 0.2) is 0 Å². The van der Waals surface area contributed by atoms with E-state index in [1.54, 1.807) is 0 Å². The van der Waals surface area contributed by atoms with Crippen molar-refractivity contribution < 1.29 is 0 Å². The summed E-state index contributed by atoms with van der Waals surface area (Å²) in [6, 6.07) is 0. The molecule has 0 aliphatic carbocycles. The maximum absolute atomic E-state index is 3.93. The maximum atomic E-state index is 3.93. The molecule has 30 valence electrons. The Kier molecular flexibility index (Phi) is 1.50. The minimum absolute atomic E-state index is 0.229. The van der Waals surface area contributed by atoms with Crippen LogP contribution in [0.1, 0.15) is 0 Å². The first-order valence-corrected chi connectivity index (χ1v) is 4.60. The molecular formula is C4H5GeN. The van der Waals surface area contributed by atoms with Gasteiger partial charge in [-0.25, -0.2) is 0 Å². The van der Waals surface area contributed by atoms with Gasteiger partial charge in [0.25, 0.3) is 0 Å². The van der Waals surface area contributed by atoms with Gasteiger partial charge in [0.05, 0.1) is 0 Å². The summed E-state index contributed by atoms with van der Waals surface area (Å²) >= 11 is 0.229. The number of nitrogens with zero attached hydrogens (tertiary/aromatic N) is 1. The summed E-state index contributed by atoms with van der Waals surface area (Å²) < 4.78 is 0. The molecule has 0 aromatic rings. The average molecular weight is 140 g/mol. The van der Waals surface area contributed by atoms with Crippen LogP contribution >= 0.6 is 0 Å². The second-order valence-corrected chi connectivity index (χ2v) is 3.33. The molecule has 0 fully saturated rings. The van der Waals surface area contributed by atoms with Crippen LogP contribution in [0.15, 0.2) is 17.3 Å². The summed E-state index contributed by atoms with van der Waals surface area (Å²) in [5.74, 6) is 0. The Balaban J connectivity index is 2.46. The van der Waals surface area contributed by atoms with Crippen LogP contribution in [0, 0.1) is 0 Å². The normalized spacial score (nSPS) is 18.7. The summed E-state index contributed by atoms with van der Waals surface area (Å²) in [5, 5.41) is 3.35. The molecule has 0 amide bonds. The molecule has 0 aromatic carbocycles. The van der Waals surface area contributed by atoms with E-state index in [1.807, 2.05) is 6.20 Å². The van der Waals surface area contributed by atoms with Crippen molar-refractivity contribution in [3.63, 3.8) is 0 Å². The van der Waals surface area contributed by atoms with Gasteiger partial charge >= 0.3 is 43.0 Å². The summed E-state index contributed by atoms with van der Waals surface area (Å²) in [4.78, 5) is 3.93. The SMILES string of the molecule is C1=CN=[CH][Ge][CH2]1. The summed E-state index contributed by atoms with van der Waals surface area (Å²) in [7, 11) is 0. The number of aliphatic imine (C=N–C) groups is 1. The molecule has 1 nitrogen and oxygen atoms in total. The van der Waals surface area contributed by atoms with Crippen molar-refractivity contribution >= 4 is 20.5 Å². The zero-order chi connectivity index (χ0) is 4.24. The average Bonchev–Trinajstić information content (AvgIpc) is 1.72. The predicted molar refractivity (Wildman–Crippen MR) is 28.2 cm³/mol. The van der Waals surface area contributed by atoms with Gasteiger partial charge in [0.2, 0.25) is 0 Å². The molecule has 0 N–H and O–H groups in total. The molecule has 0 spiro atoms. The third-order valence-electron chi connectivity index (χ3n) is 0.593. The van der Waals surface area contributed by atoms with Crippen molar-refractivity contribution in [1.82, 2.24) is 0 Å². The van der Waals surface area contributed by atoms with Crippen LogP contribution in [0.3, 0.4) is 0 Å². The van der Waals surface area contributed by atoms with E-state index in [2.05, 4.69) is 16.1 Å². The van der Waals surface area contributed by atoms with Crippen molar-refractivity contribution in [2.75, 3.05) is 0 Å². The molecule has 0 saturated heterocycles. The summed E-state index contributed by atoms with van der Waals surface area (Å²) in [6.45, 7) is 0. The molecule has 0 atom stereocenters. The van der Waals surface area contributed by atoms with Gasteiger partial charge in [-0.1, -0.05) is 0 Å². The molecule has 1 heterocycles. The van der Waals surface area contributed by atoms with Crippen molar-refractivity contribution in [2.24, 2.45) is 4.99 Å². The molecule has 0 saturated carbocycles. The van der Waals surface area contributed by atoms with Crippen molar-refractivity contribution in [3.05, 3.63) is 12.3 Å². The molecule has 2 heteroatoms. The Morgan fingerprint density at radius 3 is 2.83 bits per heavy atom. The molecule has 2 radical (unpaired) electrons. The van der Waals surface area contributed by atoms with E-state index < -0.39 is 0 Å². The standard InChI is InChI=1S/C4H5GeN/c1-2-5-4-6-3-1/h1,3-4H,2H2. The molecule has 0 aromatic heterocycles. The molecule has 1 aliphatic rings. The quantitative estimate of drug-likeness (QED) is 0.438. The van der Waals surface area contributed by atoms with Crippen molar-refractivity contribution in [3.8, 4) is 0 Å². The van der Waals surface area contributed by atoms with E-state index in [0.29, 0.717) is 0 Å². The third kappa shape index (κ3) is 0.973. The minimum atomic E-state index is 0.229. The van der Waals surface area contributed by atoms with Crippen molar-refractivity contribution in [2.45, 2.75) is 5.25 Å². The van der Waals surface area contributed by atoms with Gasteiger partial charge in [0.1, 0.15) is 0 Å². The molecule has 1 aliphatic heterocycles. The van der Waals surface area contributed by atoms with Gasteiger partial charge in [-0.15, -0.1) is 0 Å². The van der Waals surface area contributed by atoms with Gasteiger partial charge in [0, 0.05) is 0 Å². The zero-order valence-electron chi connectivity index (χ0n) is 3.39. The van der Waals surface area contributed by atoms with Crippen LogP contribution in [0.4, 0.5) is 0 Å². The number of rotatable bonds is 0. The van der Waals surface area contributed by atoms with Crippen LogP contribution in [0.2, 0.25) is 5.25 Å². The molecule has 6 heavy (non-hydrogen) atoms. The first kappa shape index (κ1) is 4.12. The van der Waals surface area contributed by atoms with E-state index in [-0.39, 0.29) is 15.4 Å². The molecule has 1 rings (SSSR count). The number of hydrogen-bond acceptors (Lipinski definition) is 1. The monoisotopic (exact) mass is 141 g/mol. The fraction of sp³-hybridized carbons (Fsp3) is 0.250. The predicted octanol–water partition coefficient (Wildman–Crippen LogP) is 0.664. The van der Waals surface area contributed by atoms with Gasteiger partial charge in [-0.3, -0.25) is 0 Å². The van der Waals surface area contributed by atoms with Gasteiger partial charge in [-0.05, 0) is 0 Å². The Morgan fingerprint density at radius 1 is 1.67 bits per heavy atom. The first-order chi connectivity index (χ1) is 3.00. The Labute approximate surface area is 43.6 Å². The summed E-state index contributed by atoms with van der Waals surface area (Å²) in [6.07, 6.45) is 3.99. The second kappa shape index (κ2) is 2.18. The Bertz CT molecular complexity index is 73.5. The van der Waals surface area contributed by atoms with Crippen LogP contribution < -0.4 is 0 Å². The topological polar surface area (TPSA) is 12.4 Å². The third-order valence-corrected chi connectivity index (χ3v) is 2.28. The van der Waals surface area contributed by atoms with Crippen molar-refractivity contribution in [1.29, 1.82) is 0 Å². The molecule has 0 unspecified atom stereocenters. The fourth-order valence-corrected chi connectivity index (χ4v) is 1.46. The van der Waals surface area contributed by atoms with E-state index >= 15 is 0 Å². The van der Waals surface area contributed by atoms with Crippen LogP contribution in [0.25, 0.3) is 0 Å². The molecular weight excluding hydrogens is 135 g/mol. The number of hydrogen-bond donors (Lipinski definition) is 0. The molecule has 0 bridgehead atoms. The van der Waals surface area contributed by atoms with Crippen LogP contribution in [-0.4, -0.2) is 20.5 Å². The first-order valence-electron chi connectivity index (χ1n) is 1.90. The van der Waals surface area contributed by atoms with Gasteiger partial charge < -0.3 is 0 Å². The fourth-order valence-electron chi connectivity index (χ4n) is 0.330. The Morgan fingerprint density at radius 2 is 2.67 bits per heavy atom. The zero-order valence-corrected chi connectivity index (χ0v) is 5.48. The Hall–Kier alpha value is -0.0471. The second-order valence-electron chi connectivity index (χ2n) is 1.07. The van der Waals surface area contributed by atoms with E-state index in [4.69, 9.17) is 0 Å². The van der Waals surface area contributed by atoms with E-state index in [9.17, 15) is 0 Å². The number of allylic oxidation sites excluding steroid dienone is 1. The summed E-state index contributed by atoms with van der Waals surface area (Å²) in [5.41, 5.74) is 0.